The molecule has 0 radical (unpaired) electrons. The fourth-order valence-corrected chi connectivity index (χ4v) is 4.43. The highest BCUT2D eigenvalue weighted by atomic mass is 16.5. The summed E-state index contributed by atoms with van der Waals surface area (Å²) in [6.07, 6.45) is 5.98. The fourth-order valence-electron chi connectivity index (χ4n) is 4.43. The highest BCUT2D eigenvalue weighted by Gasteiger charge is 2.40. The summed E-state index contributed by atoms with van der Waals surface area (Å²) < 4.78 is 5.82. The summed E-state index contributed by atoms with van der Waals surface area (Å²) in [7, 11) is 0. The lowest BCUT2D eigenvalue weighted by Crippen LogP contribution is -2.20. The first-order valence-electron chi connectivity index (χ1n) is 9.30. The largest absolute Gasteiger partial charge is 0.457 e. The molecule has 2 fully saturated rings. The van der Waals surface area contributed by atoms with E-state index in [2.05, 4.69) is 12.2 Å². The molecule has 3 heteroatoms. The number of hydrogen-bond donors (Lipinski definition) is 1. The molecule has 2 aromatic rings. The number of fused-ring (bicyclic) bond motifs is 2. The van der Waals surface area contributed by atoms with Gasteiger partial charge in [0.05, 0.1) is 0 Å². The van der Waals surface area contributed by atoms with Crippen LogP contribution in [0.15, 0.2) is 48.5 Å². The van der Waals surface area contributed by atoms with Crippen LogP contribution in [0, 0.1) is 24.7 Å². The lowest BCUT2D eigenvalue weighted by Gasteiger charge is -2.20. The predicted molar refractivity (Wildman–Crippen MR) is 99.9 cm³/mol. The van der Waals surface area contributed by atoms with Gasteiger partial charge in [0.25, 0.3) is 0 Å². The quantitative estimate of drug-likeness (QED) is 0.777. The zero-order valence-electron chi connectivity index (χ0n) is 14.7. The normalized spacial score (nSPS) is 24.3. The molecule has 0 aliphatic heterocycles. The summed E-state index contributed by atoms with van der Waals surface area (Å²) in [4.78, 5) is 12.3. The van der Waals surface area contributed by atoms with E-state index in [-0.39, 0.29) is 5.91 Å². The topological polar surface area (TPSA) is 38.3 Å². The van der Waals surface area contributed by atoms with Crippen LogP contribution >= 0.6 is 0 Å². The van der Waals surface area contributed by atoms with Gasteiger partial charge in [-0.25, -0.2) is 0 Å². The number of aryl methyl sites for hydroxylation is 1. The van der Waals surface area contributed by atoms with Crippen LogP contribution in [0.1, 0.15) is 37.7 Å². The van der Waals surface area contributed by atoms with Gasteiger partial charge in [0.1, 0.15) is 11.5 Å². The molecule has 1 N–H and O–H groups in total. The number of anilines is 1. The Morgan fingerprint density at radius 2 is 1.68 bits per heavy atom. The number of carbonyl (C=O) groups is 1. The summed E-state index contributed by atoms with van der Waals surface area (Å²) >= 11 is 0. The van der Waals surface area contributed by atoms with Crippen molar-refractivity contribution in [2.45, 2.75) is 39.0 Å². The van der Waals surface area contributed by atoms with Gasteiger partial charge in [0.15, 0.2) is 0 Å². The van der Waals surface area contributed by atoms with Crippen LogP contribution in [0.5, 0.6) is 11.5 Å². The second kappa shape index (κ2) is 6.91. The van der Waals surface area contributed by atoms with Crippen molar-refractivity contribution in [2.24, 2.45) is 17.8 Å². The molecule has 0 spiro atoms. The molecule has 0 aromatic heterocycles. The number of rotatable bonds is 5. The molecule has 130 valence electrons. The lowest BCUT2D eigenvalue weighted by molar-refractivity contribution is -0.117. The van der Waals surface area contributed by atoms with Crippen molar-refractivity contribution >= 4 is 11.6 Å². The lowest BCUT2D eigenvalue weighted by atomic mass is 9.86. The van der Waals surface area contributed by atoms with Gasteiger partial charge in [-0.3, -0.25) is 4.79 Å². The Labute approximate surface area is 149 Å². The van der Waals surface area contributed by atoms with Gasteiger partial charge in [0, 0.05) is 12.1 Å². The van der Waals surface area contributed by atoms with E-state index in [0.29, 0.717) is 12.3 Å². The van der Waals surface area contributed by atoms with Crippen molar-refractivity contribution in [3.8, 4) is 11.5 Å². The summed E-state index contributed by atoms with van der Waals surface area (Å²) in [6.45, 7) is 2.05. The van der Waals surface area contributed by atoms with Crippen molar-refractivity contribution in [3.63, 3.8) is 0 Å². The van der Waals surface area contributed by atoms with Crippen LogP contribution in [0.4, 0.5) is 5.69 Å². The third-order valence-electron chi connectivity index (χ3n) is 5.73. The van der Waals surface area contributed by atoms with E-state index in [0.717, 1.165) is 29.0 Å². The molecule has 2 aromatic carbocycles. The summed E-state index contributed by atoms with van der Waals surface area (Å²) in [5, 5.41) is 3.03. The fraction of sp³-hybridized carbons (Fsp3) is 0.409. The van der Waals surface area contributed by atoms with Gasteiger partial charge in [0.2, 0.25) is 5.91 Å². The third kappa shape index (κ3) is 3.87. The molecule has 25 heavy (non-hydrogen) atoms. The number of hydrogen-bond acceptors (Lipinski definition) is 2. The Morgan fingerprint density at radius 3 is 2.28 bits per heavy atom. The van der Waals surface area contributed by atoms with Crippen LogP contribution in [0.3, 0.4) is 0 Å². The SMILES string of the molecule is Cc1ccc(Oc2ccc(NC(=O)C[C@H]3C[C@@H]4CC[C@@H]3C4)cc2)cc1. The Bertz CT molecular complexity index is 736. The number of ether oxygens (including phenoxy) is 1. The first-order chi connectivity index (χ1) is 12.2. The minimum Gasteiger partial charge on any atom is -0.457 e. The van der Waals surface area contributed by atoms with Gasteiger partial charge in [-0.05, 0) is 80.3 Å². The minimum atomic E-state index is 0.143. The monoisotopic (exact) mass is 335 g/mol. The van der Waals surface area contributed by atoms with Crippen molar-refractivity contribution in [2.75, 3.05) is 5.32 Å². The van der Waals surface area contributed by atoms with Gasteiger partial charge in [-0.2, -0.15) is 0 Å². The van der Waals surface area contributed by atoms with E-state index < -0.39 is 0 Å². The number of amides is 1. The Hall–Kier alpha value is -2.29. The van der Waals surface area contributed by atoms with Crippen molar-refractivity contribution in [1.82, 2.24) is 0 Å². The maximum Gasteiger partial charge on any atom is 0.224 e. The molecule has 0 unspecified atom stereocenters. The minimum absolute atomic E-state index is 0.143. The molecule has 4 rings (SSSR count). The molecule has 3 atom stereocenters. The smallest absolute Gasteiger partial charge is 0.224 e. The molecular formula is C22H25NO2. The second-order valence-corrected chi connectivity index (χ2v) is 7.63. The summed E-state index contributed by atoms with van der Waals surface area (Å²) in [6, 6.07) is 15.6. The van der Waals surface area contributed by atoms with Crippen LogP contribution in [0.2, 0.25) is 0 Å². The van der Waals surface area contributed by atoms with E-state index in [1.807, 2.05) is 48.5 Å². The van der Waals surface area contributed by atoms with Crippen molar-refractivity contribution in [3.05, 3.63) is 54.1 Å². The van der Waals surface area contributed by atoms with E-state index in [1.165, 1.54) is 31.2 Å². The molecule has 2 bridgehead atoms. The van der Waals surface area contributed by atoms with E-state index in [1.54, 1.807) is 0 Å². The Morgan fingerprint density at radius 1 is 1.00 bits per heavy atom. The Balaban J connectivity index is 1.31. The zero-order chi connectivity index (χ0) is 17.2. The Kier molecular flexibility index (Phi) is 4.48. The van der Waals surface area contributed by atoms with E-state index in [4.69, 9.17) is 4.74 Å². The van der Waals surface area contributed by atoms with Gasteiger partial charge >= 0.3 is 0 Å². The second-order valence-electron chi connectivity index (χ2n) is 7.63. The van der Waals surface area contributed by atoms with E-state index in [9.17, 15) is 4.79 Å². The van der Waals surface area contributed by atoms with Gasteiger partial charge in [-0.1, -0.05) is 24.1 Å². The predicted octanol–water partition coefficient (Wildman–Crippen LogP) is 5.55. The average Bonchev–Trinajstić information content (AvgIpc) is 3.21. The maximum atomic E-state index is 12.3. The van der Waals surface area contributed by atoms with Gasteiger partial charge < -0.3 is 10.1 Å². The number of nitrogens with one attached hydrogen (secondary N) is 1. The average molecular weight is 335 g/mol. The molecule has 1 amide bonds. The van der Waals surface area contributed by atoms with Crippen molar-refractivity contribution < 1.29 is 9.53 Å². The molecule has 2 saturated carbocycles. The summed E-state index contributed by atoms with van der Waals surface area (Å²) in [5.41, 5.74) is 2.05. The summed E-state index contributed by atoms with van der Waals surface area (Å²) in [5.74, 6) is 4.02. The molecule has 0 saturated heterocycles. The molecule has 0 heterocycles. The number of carbonyl (C=O) groups excluding carboxylic acids is 1. The standard InChI is InChI=1S/C22H25NO2/c1-15-2-8-20(9-3-15)25-21-10-6-19(7-11-21)23-22(24)14-18-13-16-4-5-17(18)12-16/h2-3,6-11,16-18H,4-5,12-14H2,1H3,(H,23,24)/t16-,17-,18-/m1/s1. The van der Waals surface area contributed by atoms with Crippen LogP contribution < -0.4 is 10.1 Å². The maximum absolute atomic E-state index is 12.3. The highest BCUT2D eigenvalue weighted by Crippen LogP contribution is 2.49. The molecular weight excluding hydrogens is 310 g/mol. The van der Waals surface area contributed by atoms with Crippen molar-refractivity contribution in [1.29, 1.82) is 0 Å². The number of benzene rings is 2. The first-order valence-corrected chi connectivity index (χ1v) is 9.30. The highest BCUT2D eigenvalue weighted by molar-refractivity contribution is 5.90. The van der Waals surface area contributed by atoms with Gasteiger partial charge in [-0.15, -0.1) is 0 Å². The zero-order valence-corrected chi connectivity index (χ0v) is 14.7. The third-order valence-corrected chi connectivity index (χ3v) is 5.73. The molecule has 3 nitrogen and oxygen atoms in total. The van der Waals surface area contributed by atoms with Crippen LogP contribution in [-0.2, 0) is 4.79 Å². The van der Waals surface area contributed by atoms with Crippen LogP contribution in [0.25, 0.3) is 0 Å². The van der Waals surface area contributed by atoms with E-state index >= 15 is 0 Å². The van der Waals surface area contributed by atoms with Crippen LogP contribution in [-0.4, -0.2) is 5.91 Å². The first kappa shape index (κ1) is 16.2. The molecule has 2 aliphatic carbocycles. The molecule has 2 aliphatic rings.